The van der Waals surface area contributed by atoms with Crippen molar-refractivity contribution in [2.75, 3.05) is 38.5 Å². The van der Waals surface area contributed by atoms with Crippen LogP contribution in [0.3, 0.4) is 0 Å². The van der Waals surface area contributed by atoms with Crippen LogP contribution in [-0.2, 0) is 11.2 Å². The molecule has 1 N–H and O–H groups in total. The molecule has 8 nitrogen and oxygen atoms in total. The SMILES string of the molecule is CN1CC[C@@H](Oc2cc(NC(=O)Cc3ccc(C4=CCN(C#N)CC4)nc3)ncc2Cl)C1. The van der Waals surface area contributed by atoms with Crippen LogP contribution >= 0.6 is 11.6 Å². The molecule has 4 rings (SSSR count). The molecule has 1 amide bonds. The fourth-order valence-electron chi connectivity index (χ4n) is 3.83. The molecular weight excluding hydrogens is 428 g/mol. The molecule has 32 heavy (non-hydrogen) atoms. The highest BCUT2D eigenvalue weighted by Gasteiger charge is 2.22. The van der Waals surface area contributed by atoms with Crippen molar-refractivity contribution < 1.29 is 9.53 Å². The number of halogens is 1. The number of carbonyl (C=O) groups excluding carboxylic acids is 1. The number of likely N-dealkylation sites (tertiary alicyclic amines) is 1. The Morgan fingerprint density at radius 3 is 2.88 bits per heavy atom. The maximum Gasteiger partial charge on any atom is 0.230 e. The van der Waals surface area contributed by atoms with Crippen molar-refractivity contribution in [1.82, 2.24) is 19.8 Å². The van der Waals surface area contributed by atoms with Gasteiger partial charge < -0.3 is 19.9 Å². The molecule has 2 aliphatic rings. The van der Waals surface area contributed by atoms with Gasteiger partial charge in [0, 0.05) is 38.4 Å². The Kier molecular flexibility index (Phi) is 6.88. The van der Waals surface area contributed by atoms with Gasteiger partial charge in [0.1, 0.15) is 22.7 Å². The summed E-state index contributed by atoms with van der Waals surface area (Å²) in [6, 6.07) is 5.49. The minimum absolute atomic E-state index is 0.0790. The van der Waals surface area contributed by atoms with Gasteiger partial charge in [-0.05, 0) is 37.1 Å². The molecule has 1 atom stereocenters. The number of nitrogens with zero attached hydrogens (tertiary/aromatic N) is 5. The summed E-state index contributed by atoms with van der Waals surface area (Å²) in [5.74, 6) is 0.737. The standard InChI is InChI=1S/C23H25ClN6O2/c1-29-7-6-18(14-29)32-21-11-22(27-13-19(21)24)28-23(31)10-16-2-3-20(26-12-16)17-4-8-30(15-25)9-5-17/h2-4,11-13,18H,5-10,14H2,1H3,(H,27,28,31)/t18-/m1/s1. The first-order valence-electron chi connectivity index (χ1n) is 10.6. The number of amides is 1. The zero-order valence-corrected chi connectivity index (χ0v) is 18.7. The quantitative estimate of drug-likeness (QED) is 0.673. The van der Waals surface area contributed by atoms with Crippen molar-refractivity contribution in [3.05, 3.63) is 52.9 Å². The Morgan fingerprint density at radius 1 is 1.34 bits per heavy atom. The molecule has 9 heteroatoms. The third kappa shape index (κ3) is 5.55. The lowest BCUT2D eigenvalue weighted by Gasteiger charge is -2.20. The predicted octanol–water partition coefficient (Wildman–Crippen LogP) is 2.96. The molecule has 0 saturated carbocycles. The third-order valence-electron chi connectivity index (χ3n) is 5.60. The summed E-state index contributed by atoms with van der Waals surface area (Å²) in [5.41, 5.74) is 2.81. The highest BCUT2D eigenvalue weighted by molar-refractivity contribution is 6.32. The van der Waals surface area contributed by atoms with Crippen LogP contribution in [0.5, 0.6) is 5.75 Å². The Bertz CT molecular complexity index is 1050. The second-order valence-corrected chi connectivity index (χ2v) is 8.50. The van der Waals surface area contributed by atoms with Gasteiger partial charge in [0.2, 0.25) is 5.91 Å². The number of hydrogen-bond donors (Lipinski definition) is 1. The number of ether oxygens (including phenoxy) is 1. The lowest BCUT2D eigenvalue weighted by atomic mass is 10.0. The first kappa shape index (κ1) is 22.1. The van der Waals surface area contributed by atoms with E-state index in [9.17, 15) is 4.79 Å². The van der Waals surface area contributed by atoms with Crippen LogP contribution in [0.2, 0.25) is 5.02 Å². The van der Waals surface area contributed by atoms with Crippen LogP contribution < -0.4 is 10.1 Å². The smallest absolute Gasteiger partial charge is 0.230 e. The average Bonchev–Trinajstić information content (AvgIpc) is 3.21. The van der Waals surface area contributed by atoms with Gasteiger partial charge >= 0.3 is 0 Å². The van der Waals surface area contributed by atoms with Crippen LogP contribution in [0, 0.1) is 11.5 Å². The van der Waals surface area contributed by atoms with E-state index in [1.807, 2.05) is 18.2 Å². The molecule has 0 radical (unpaired) electrons. The van der Waals surface area contributed by atoms with E-state index >= 15 is 0 Å². The van der Waals surface area contributed by atoms with Crippen LogP contribution in [0.1, 0.15) is 24.1 Å². The van der Waals surface area contributed by atoms with Crippen molar-refractivity contribution >= 4 is 28.9 Å². The van der Waals surface area contributed by atoms with Crippen LogP contribution in [-0.4, -0.2) is 65.0 Å². The highest BCUT2D eigenvalue weighted by atomic mass is 35.5. The summed E-state index contributed by atoms with van der Waals surface area (Å²) in [4.78, 5) is 25.1. The predicted molar refractivity (Wildman–Crippen MR) is 122 cm³/mol. The van der Waals surface area contributed by atoms with Gasteiger partial charge in [0.15, 0.2) is 6.19 Å². The number of pyridine rings is 2. The van der Waals surface area contributed by atoms with Crippen molar-refractivity contribution in [3.8, 4) is 11.9 Å². The molecule has 166 valence electrons. The summed E-state index contributed by atoms with van der Waals surface area (Å²) in [7, 11) is 2.05. The van der Waals surface area contributed by atoms with Gasteiger partial charge in [-0.2, -0.15) is 5.26 Å². The summed E-state index contributed by atoms with van der Waals surface area (Å²) in [5, 5.41) is 12.2. The number of nitriles is 1. The maximum atomic E-state index is 12.5. The Morgan fingerprint density at radius 2 is 2.22 bits per heavy atom. The molecule has 0 bridgehead atoms. The normalized spacial score (nSPS) is 18.7. The average molecular weight is 453 g/mol. The van der Waals surface area contributed by atoms with E-state index in [0.717, 1.165) is 42.8 Å². The lowest BCUT2D eigenvalue weighted by molar-refractivity contribution is -0.115. The summed E-state index contributed by atoms with van der Waals surface area (Å²) in [6.07, 6.45) is 9.37. The minimum atomic E-state index is -0.192. The van der Waals surface area contributed by atoms with Gasteiger partial charge in [-0.1, -0.05) is 23.7 Å². The highest BCUT2D eigenvalue weighted by Crippen LogP contribution is 2.28. The monoisotopic (exact) mass is 452 g/mol. The first-order valence-corrected chi connectivity index (χ1v) is 11.0. The zero-order valence-electron chi connectivity index (χ0n) is 17.9. The number of anilines is 1. The van der Waals surface area contributed by atoms with Crippen molar-refractivity contribution in [3.63, 3.8) is 0 Å². The van der Waals surface area contributed by atoms with Crippen molar-refractivity contribution in [2.24, 2.45) is 0 Å². The molecule has 0 spiro atoms. The largest absolute Gasteiger partial charge is 0.487 e. The molecule has 0 aromatic carbocycles. The molecule has 4 heterocycles. The Labute approximate surface area is 192 Å². The molecule has 1 saturated heterocycles. The summed E-state index contributed by atoms with van der Waals surface area (Å²) >= 11 is 6.23. The number of likely N-dealkylation sites (N-methyl/N-ethyl adjacent to an activating group) is 1. The second kappa shape index (κ2) is 9.98. The molecule has 2 aromatic rings. The summed E-state index contributed by atoms with van der Waals surface area (Å²) in [6.45, 7) is 3.14. The van der Waals surface area contributed by atoms with E-state index in [4.69, 9.17) is 21.6 Å². The fraction of sp³-hybridized carbons (Fsp3) is 0.391. The second-order valence-electron chi connectivity index (χ2n) is 8.09. The van der Waals surface area contributed by atoms with E-state index in [1.54, 1.807) is 17.2 Å². The van der Waals surface area contributed by atoms with Gasteiger partial charge in [0.05, 0.1) is 18.3 Å². The van der Waals surface area contributed by atoms with Gasteiger partial charge in [-0.15, -0.1) is 0 Å². The first-order chi connectivity index (χ1) is 15.5. The topological polar surface area (TPSA) is 94.4 Å². The number of hydrogen-bond acceptors (Lipinski definition) is 7. The van der Waals surface area contributed by atoms with Gasteiger partial charge in [0.25, 0.3) is 0 Å². The minimum Gasteiger partial charge on any atom is -0.487 e. The van der Waals surface area contributed by atoms with E-state index in [-0.39, 0.29) is 18.4 Å². The van der Waals surface area contributed by atoms with E-state index < -0.39 is 0 Å². The summed E-state index contributed by atoms with van der Waals surface area (Å²) < 4.78 is 6.00. The molecule has 0 unspecified atom stereocenters. The number of nitrogens with one attached hydrogen (secondary N) is 1. The molecule has 2 aromatic heterocycles. The van der Waals surface area contributed by atoms with E-state index in [0.29, 0.717) is 29.7 Å². The third-order valence-corrected chi connectivity index (χ3v) is 5.88. The van der Waals surface area contributed by atoms with E-state index in [2.05, 4.69) is 33.4 Å². The Hall–Kier alpha value is -3.15. The van der Waals surface area contributed by atoms with Crippen molar-refractivity contribution in [1.29, 1.82) is 5.26 Å². The molecule has 1 fully saturated rings. The van der Waals surface area contributed by atoms with Crippen LogP contribution in [0.4, 0.5) is 5.82 Å². The molecular formula is C23H25ClN6O2. The fourth-order valence-corrected chi connectivity index (χ4v) is 3.98. The number of carbonyl (C=O) groups is 1. The van der Waals surface area contributed by atoms with Gasteiger partial charge in [-0.25, -0.2) is 4.98 Å². The molecule has 0 aliphatic carbocycles. The number of rotatable bonds is 6. The number of aromatic nitrogens is 2. The van der Waals surface area contributed by atoms with Crippen LogP contribution in [0.15, 0.2) is 36.7 Å². The van der Waals surface area contributed by atoms with E-state index in [1.165, 1.54) is 6.20 Å². The van der Waals surface area contributed by atoms with Crippen LogP contribution in [0.25, 0.3) is 5.57 Å². The lowest BCUT2D eigenvalue weighted by Crippen LogP contribution is -2.23. The maximum absolute atomic E-state index is 12.5. The zero-order chi connectivity index (χ0) is 22.5. The Balaban J connectivity index is 1.34. The molecule has 2 aliphatic heterocycles. The van der Waals surface area contributed by atoms with Gasteiger partial charge in [-0.3, -0.25) is 9.78 Å². The van der Waals surface area contributed by atoms with Crippen molar-refractivity contribution in [2.45, 2.75) is 25.4 Å².